The molecule has 0 aromatic carbocycles. The van der Waals surface area contributed by atoms with Crippen molar-refractivity contribution in [3.63, 3.8) is 0 Å². The number of methoxy groups -OCH3 is 1. The fraction of sp³-hybridized carbons (Fsp3) is 0.412. The monoisotopic (exact) mass is 312 g/mol. The maximum Gasteiger partial charge on any atom is 0.248 e. The number of likely N-dealkylation sites (tertiary alicyclic amines) is 1. The summed E-state index contributed by atoms with van der Waals surface area (Å²) < 4.78 is 4.94. The van der Waals surface area contributed by atoms with Gasteiger partial charge in [0.15, 0.2) is 0 Å². The van der Waals surface area contributed by atoms with Gasteiger partial charge >= 0.3 is 0 Å². The summed E-state index contributed by atoms with van der Waals surface area (Å²) in [4.78, 5) is 26.5. The molecule has 1 amide bonds. The predicted octanol–water partition coefficient (Wildman–Crippen LogP) is 1.89. The van der Waals surface area contributed by atoms with Crippen molar-refractivity contribution in [2.24, 2.45) is 0 Å². The zero-order valence-electron chi connectivity index (χ0n) is 13.2. The molecule has 0 radical (unpaired) electrons. The van der Waals surface area contributed by atoms with Gasteiger partial charge in [0.2, 0.25) is 5.91 Å². The fourth-order valence-electron chi connectivity index (χ4n) is 2.93. The summed E-state index contributed by atoms with van der Waals surface area (Å²) in [5.41, 5.74) is 2.98. The molecule has 0 spiro atoms. The lowest BCUT2D eigenvalue weighted by atomic mass is 9.93. The molecule has 1 atom stereocenters. The molecule has 6 nitrogen and oxygen atoms in total. The quantitative estimate of drug-likeness (QED) is 0.862. The second-order valence-electron chi connectivity index (χ2n) is 5.71. The van der Waals surface area contributed by atoms with Gasteiger partial charge in [-0.15, -0.1) is 0 Å². The van der Waals surface area contributed by atoms with Gasteiger partial charge in [0.05, 0.1) is 0 Å². The number of ether oxygens (including phenoxy) is 1. The molecule has 120 valence electrons. The molecule has 3 rings (SSSR count). The first-order valence-electron chi connectivity index (χ1n) is 7.76. The van der Waals surface area contributed by atoms with Crippen molar-refractivity contribution in [2.45, 2.75) is 18.8 Å². The van der Waals surface area contributed by atoms with Crippen molar-refractivity contribution in [1.82, 2.24) is 19.9 Å². The van der Waals surface area contributed by atoms with Crippen LogP contribution in [0.15, 0.2) is 37.1 Å². The Labute approximate surface area is 135 Å². The first kappa shape index (κ1) is 15.6. The highest BCUT2D eigenvalue weighted by molar-refractivity contribution is 5.77. The van der Waals surface area contributed by atoms with Gasteiger partial charge in [-0.05, 0) is 18.9 Å². The van der Waals surface area contributed by atoms with Crippen LogP contribution in [-0.4, -0.2) is 52.6 Å². The molecule has 0 saturated carbocycles. The molecular formula is C17H20N4O2. The molecule has 1 aliphatic heterocycles. The van der Waals surface area contributed by atoms with Crippen molar-refractivity contribution in [1.29, 1.82) is 0 Å². The van der Waals surface area contributed by atoms with Crippen molar-refractivity contribution >= 4 is 5.91 Å². The SMILES string of the molecule is COCC(=O)N1CCC[C@@H](c2ccc(-c3cncnc3)cn2)C1. The number of carbonyl (C=O) groups excluding carboxylic acids is 1. The molecular weight excluding hydrogens is 292 g/mol. The lowest BCUT2D eigenvalue weighted by Gasteiger charge is -2.32. The minimum absolute atomic E-state index is 0.0512. The Morgan fingerprint density at radius 1 is 1.26 bits per heavy atom. The maximum atomic E-state index is 12.0. The second kappa shape index (κ2) is 7.28. The van der Waals surface area contributed by atoms with Crippen LogP contribution in [0.5, 0.6) is 0 Å². The average Bonchev–Trinajstić information content (AvgIpc) is 2.63. The van der Waals surface area contributed by atoms with Gasteiger partial charge in [0, 0.05) is 61.5 Å². The number of piperidine rings is 1. The third-order valence-corrected chi connectivity index (χ3v) is 4.14. The van der Waals surface area contributed by atoms with Crippen molar-refractivity contribution < 1.29 is 9.53 Å². The normalized spacial score (nSPS) is 18.0. The number of rotatable bonds is 4. The highest BCUT2D eigenvalue weighted by Crippen LogP contribution is 2.27. The molecule has 0 unspecified atom stereocenters. The van der Waals surface area contributed by atoms with E-state index in [0.29, 0.717) is 6.54 Å². The van der Waals surface area contributed by atoms with Gasteiger partial charge in [-0.2, -0.15) is 0 Å². The molecule has 3 heterocycles. The molecule has 0 aliphatic carbocycles. The van der Waals surface area contributed by atoms with Crippen LogP contribution in [0.4, 0.5) is 0 Å². The Hall–Kier alpha value is -2.34. The maximum absolute atomic E-state index is 12.0. The Kier molecular flexibility index (Phi) is 4.92. The molecule has 2 aromatic rings. The predicted molar refractivity (Wildman–Crippen MR) is 85.7 cm³/mol. The van der Waals surface area contributed by atoms with Crippen LogP contribution in [0.3, 0.4) is 0 Å². The molecule has 23 heavy (non-hydrogen) atoms. The van der Waals surface area contributed by atoms with E-state index in [1.54, 1.807) is 19.5 Å². The molecule has 1 saturated heterocycles. The molecule has 1 fully saturated rings. The summed E-state index contributed by atoms with van der Waals surface area (Å²) in [6.07, 6.45) is 8.96. The third kappa shape index (κ3) is 3.71. The summed E-state index contributed by atoms with van der Waals surface area (Å²) >= 11 is 0. The number of hydrogen-bond acceptors (Lipinski definition) is 5. The van der Waals surface area contributed by atoms with Crippen LogP contribution in [-0.2, 0) is 9.53 Å². The van der Waals surface area contributed by atoms with Crippen LogP contribution < -0.4 is 0 Å². The van der Waals surface area contributed by atoms with Crippen LogP contribution in [0.25, 0.3) is 11.1 Å². The lowest BCUT2D eigenvalue weighted by Crippen LogP contribution is -2.41. The van der Waals surface area contributed by atoms with E-state index < -0.39 is 0 Å². The minimum Gasteiger partial charge on any atom is -0.375 e. The van der Waals surface area contributed by atoms with E-state index in [0.717, 1.165) is 36.2 Å². The molecule has 6 heteroatoms. The van der Waals surface area contributed by atoms with E-state index in [-0.39, 0.29) is 18.4 Å². The molecule has 1 aliphatic rings. The summed E-state index contributed by atoms with van der Waals surface area (Å²) in [7, 11) is 1.55. The molecule has 0 bridgehead atoms. The smallest absolute Gasteiger partial charge is 0.248 e. The highest BCUT2D eigenvalue weighted by Gasteiger charge is 2.25. The van der Waals surface area contributed by atoms with E-state index >= 15 is 0 Å². The van der Waals surface area contributed by atoms with E-state index in [2.05, 4.69) is 15.0 Å². The standard InChI is InChI=1S/C17H20N4O2/c1-23-11-17(22)21-6-2-3-14(10-21)16-5-4-13(9-20-16)15-7-18-12-19-8-15/h4-5,7-9,12,14H,2-3,6,10-11H2,1H3/t14-/m1/s1. The van der Waals surface area contributed by atoms with Crippen LogP contribution in [0.2, 0.25) is 0 Å². The zero-order valence-corrected chi connectivity index (χ0v) is 13.2. The number of hydrogen-bond donors (Lipinski definition) is 0. The summed E-state index contributed by atoms with van der Waals surface area (Å²) in [6.45, 7) is 1.66. The first-order valence-corrected chi connectivity index (χ1v) is 7.76. The van der Waals surface area contributed by atoms with Gasteiger partial charge in [0.1, 0.15) is 12.9 Å². The van der Waals surface area contributed by atoms with Crippen LogP contribution >= 0.6 is 0 Å². The van der Waals surface area contributed by atoms with Crippen molar-refractivity contribution in [3.8, 4) is 11.1 Å². The number of nitrogens with zero attached hydrogens (tertiary/aromatic N) is 4. The van der Waals surface area contributed by atoms with E-state index in [9.17, 15) is 4.79 Å². The zero-order chi connectivity index (χ0) is 16.1. The van der Waals surface area contributed by atoms with Gasteiger partial charge in [-0.25, -0.2) is 9.97 Å². The Morgan fingerprint density at radius 3 is 2.78 bits per heavy atom. The summed E-state index contributed by atoms with van der Waals surface area (Å²) in [6, 6.07) is 4.08. The van der Waals surface area contributed by atoms with Gasteiger partial charge in [0.25, 0.3) is 0 Å². The number of amides is 1. The Balaban J connectivity index is 1.70. The first-order chi connectivity index (χ1) is 11.3. The number of aromatic nitrogens is 3. The van der Waals surface area contributed by atoms with Crippen molar-refractivity contribution in [3.05, 3.63) is 42.7 Å². The Morgan fingerprint density at radius 2 is 2.09 bits per heavy atom. The average molecular weight is 312 g/mol. The summed E-state index contributed by atoms with van der Waals surface area (Å²) in [5.74, 6) is 0.334. The van der Waals surface area contributed by atoms with Gasteiger partial charge in [-0.1, -0.05) is 6.07 Å². The molecule has 0 N–H and O–H groups in total. The van der Waals surface area contributed by atoms with E-state index in [1.165, 1.54) is 6.33 Å². The van der Waals surface area contributed by atoms with Crippen molar-refractivity contribution in [2.75, 3.05) is 26.8 Å². The third-order valence-electron chi connectivity index (χ3n) is 4.14. The topological polar surface area (TPSA) is 68.2 Å². The van der Waals surface area contributed by atoms with Crippen LogP contribution in [0, 0.1) is 0 Å². The molecule has 2 aromatic heterocycles. The largest absolute Gasteiger partial charge is 0.375 e. The summed E-state index contributed by atoms with van der Waals surface area (Å²) in [5, 5.41) is 0. The number of pyridine rings is 1. The minimum atomic E-state index is 0.0512. The van der Waals surface area contributed by atoms with Gasteiger partial charge < -0.3 is 9.64 Å². The van der Waals surface area contributed by atoms with Gasteiger partial charge in [-0.3, -0.25) is 9.78 Å². The fourth-order valence-corrected chi connectivity index (χ4v) is 2.93. The Bertz CT molecular complexity index is 645. The van der Waals surface area contributed by atoms with E-state index in [4.69, 9.17) is 4.74 Å². The lowest BCUT2D eigenvalue weighted by molar-refractivity contribution is -0.136. The second-order valence-corrected chi connectivity index (χ2v) is 5.71. The van der Waals surface area contributed by atoms with Crippen LogP contribution in [0.1, 0.15) is 24.5 Å². The van der Waals surface area contributed by atoms with E-state index in [1.807, 2.05) is 23.2 Å². The number of carbonyl (C=O) groups is 1. The highest BCUT2D eigenvalue weighted by atomic mass is 16.5.